The zero-order chi connectivity index (χ0) is 20.2. The zero-order valence-electron chi connectivity index (χ0n) is 16.7. The number of carbonyl (C=O) groups is 3. The number of carbonyl (C=O) groups excluding carboxylic acids is 3. The number of amides is 3. The Kier molecular flexibility index (Phi) is 10.4. The van der Waals surface area contributed by atoms with E-state index in [0.29, 0.717) is 72.2 Å². The first kappa shape index (κ1) is 22.7. The molecule has 9 nitrogen and oxygen atoms in total. The van der Waals surface area contributed by atoms with Crippen molar-refractivity contribution in [3.05, 3.63) is 0 Å². The number of likely N-dealkylation sites (tertiary alicyclic amines) is 2. The minimum atomic E-state index is -0.214. The van der Waals surface area contributed by atoms with E-state index in [0.717, 1.165) is 19.5 Å². The summed E-state index contributed by atoms with van der Waals surface area (Å²) < 4.78 is 21.5. The second-order valence-corrected chi connectivity index (χ2v) is 6.92. The fraction of sp³-hybridized carbons (Fsp3) is 0.842. The van der Waals surface area contributed by atoms with E-state index in [4.69, 9.17) is 18.9 Å². The monoisotopic (exact) mass is 400 g/mol. The molecular formula is C19H32N2O7. The van der Waals surface area contributed by atoms with Crippen molar-refractivity contribution in [3.8, 4) is 0 Å². The van der Waals surface area contributed by atoms with Crippen LogP contribution in [0.2, 0.25) is 0 Å². The van der Waals surface area contributed by atoms with Crippen LogP contribution in [0.15, 0.2) is 0 Å². The number of imide groups is 1. The molecule has 1 unspecified atom stereocenters. The molecule has 2 heterocycles. The van der Waals surface area contributed by atoms with Crippen LogP contribution in [0, 0.1) is 5.92 Å². The molecule has 0 saturated carbocycles. The van der Waals surface area contributed by atoms with Gasteiger partial charge < -0.3 is 23.8 Å². The molecule has 28 heavy (non-hydrogen) atoms. The SMILES string of the molecule is CC1CC(=O)N(CCOCCOCCOCCOCCC(=O)N2CCC2)C1=O. The first-order valence-corrected chi connectivity index (χ1v) is 10.0. The number of rotatable bonds is 15. The van der Waals surface area contributed by atoms with Crippen LogP contribution >= 0.6 is 0 Å². The van der Waals surface area contributed by atoms with Gasteiger partial charge in [0.2, 0.25) is 17.7 Å². The average Bonchev–Trinajstić information content (AvgIpc) is 2.86. The van der Waals surface area contributed by atoms with Crippen LogP contribution in [0.5, 0.6) is 0 Å². The predicted molar refractivity (Wildman–Crippen MR) is 99.6 cm³/mol. The lowest BCUT2D eigenvalue weighted by Gasteiger charge is -2.30. The van der Waals surface area contributed by atoms with Gasteiger partial charge in [0.25, 0.3) is 0 Å². The first-order valence-electron chi connectivity index (χ1n) is 10.0. The highest BCUT2D eigenvalue weighted by atomic mass is 16.6. The van der Waals surface area contributed by atoms with Gasteiger partial charge in [0.15, 0.2) is 0 Å². The highest BCUT2D eigenvalue weighted by Gasteiger charge is 2.34. The molecule has 2 fully saturated rings. The summed E-state index contributed by atoms with van der Waals surface area (Å²) in [6.07, 6.45) is 1.83. The third-order valence-corrected chi connectivity index (χ3v) is 4.71. The average molecular weight is 400 g/mol. The van der Waals surface area contributed by atoms with Crippen molar-refractivity contribution in [1.82, 2.24) is 9.80 Å². The molecule has 2 saturated heterocycles. The number of nitrogens with zero attached hydrogens (tertiary/aromatic N) is 2. The maximum atomic E-state index is 11.7. The summed E-state index contributed by atoms with van der Waals surface area (Å²) in [5, 5.41) is 0. The molecule has 9 heteroatoms. The van der Waals surface area contributed by atoms with Crippen LogP contribution in [-0.2, 0) is 33.3 Å². The van der Waals surface area contributed by atoms with E-state index < -0.39 is 0 Å². The lowest BCUT2D eigenvalue weighted by molar-refractivity contribution is -0.140. The van der Waals surface area contributed by atoms with Crippen LogP contribution < -0.4 is 0 Å². The Morgan fingerprint density at radius 3 is 1.89 bits per heavy atom. The number of ether oxygens (including phenoxy) is 4. The molecule has 0 N–H and O–H groups in total. The van der Waals surface area contributed by atoms with Crippen LogP contribution in [0.1, 0.15) is 26.2 Å². The van der Waals surface area contributed by atoms with Crippen molar-refractivity contribution in [2.24, 2.45) is 5.92 Å². The zero-order valence-corrected chi connectivity index (χ0v) is 16.7. The quantitative estimate of drug-likeness (QED) is 0.284. The van der Waals surface area contributed by atoms with Gasteiger partial charge in [-0.2, -0.15) is 0 Å². The highest BCUT2D eigenvalue weighted by Crippen LogP contribution is 2.17. The van der Waals surface area contributed by atoms with Gasteiger partial charge in [-0.1, -0.05) is 6.92 Å². The van der Waals surface area contributed by atoms with E-state index in [9.17, 15) is 14.4 Å². The van der Waals surface area contributed by atoms with Gasteiger partial charge in [0, 0.05) is 25.4 Å². The van der Waals surface area contributed by atoms with Crippen LogP contribution in [-0.4, -0.2) is 100 Å². The first-order chi connectivity index (χ1) is 13.6. The van der Waals surface area contributed by atoms with Gasteiger partial charge in [0.1, 0.15) is 0 Å². The largest absolute Gasteiger partial charge is 0.379 e. The minimum absolute atomic E-state index is 0.117. The van der Waals surface area contributed by atoms with E-state index in [1.165, 1.54) is 4.90 Å². The van der Waals surface area contributed by atoms with Gasteiger partial charge >= 0.3 is 0 Å². The molecular weight excluding hydrogens is 368 g/mol. The van der Waals surface area contributed by atoms with E-state index in [1.807, 2.05) is 4.90 Å². The second kappa shape index (κ2) is 12.8. The molecule has 1 atom stereocenters. The van der Waals surface area contributed by atoms with Gasteiger partial charge in [-0.15, -0.1) is 0 Å². The lowest BCUT2D eigenvalue weighted by atomic mass is 10.1. The summed E-state index contributed by atoms with van der Waals surface area (Å²) in [5.74, 6) is -0.292. The molecule has 160 valence electrons. The molecule has 2 aliphatic heterocycles. The highest BCUT2D eigenvalue weighted by molar-refractivity contribution is 6.03. The fourth-order valence-corrected chi connectivity index (χ4v) is 2.88. The van der Waals surface area contributed by atoms with E-state index in [2.05, 4.69) is 0 Å². The minimum Gasteiger partial charge on any atom is -0.379 e. The lowest BCUT2D eigenvalue weighted by Crippen LogP contribution is -2.42. The Labute approximate surface area is 166 Å². The summed E-state index contributed by atoms with van der Waals surface area (Å²) in [7, 11) is 0. The summed E-state index contributed by atoms with van der Waals surface area (Å²) in [6.45, 7) is 7.25. The Hall–Kier alpha value is -1.55. The Morgan fingerprint density at radius 2 is 1.43 bits per heavy atom. The molecule has 0 aromatic heterocycles. The number of hydrogen-bond acceptors (Lipinski definition) is 7. The molecule has 0 radical (unpaired) electrons. The maximum Gasteiger partial charge on any atom is 0.232 e. The van der Waals surface area contributed by atoms with Gasteiger partial charge in [0.05, 0.1) is 65.8 Å². The van der Waals surface area contributed by atoms with Crippen molar-refractivity contribution in [3.63, 3.8) is 0 Å². The fourth-order valence-electron chi connectivity index (χ4n) is 2.88. The molecule has 3 amide bonds. The smallest absolute Gasteiger partial charge is 0.232 e. The van der Waals surface area contributed by atoms with Crippen molar-refractivity contribution in [2.75, 3.05) is 72.5 Å². The van der Waals surface area contributed by atoms with Gasteiger partial charge in [-0.25, -0.2) is 0 Å². The van der Waals surface area contributed by atoms with E-state index in [1.54, 1.807) is 6.92 Å². The summed E-state index contributed by atoms with van der Waals surface area (Å²) in [4.78, 5) is 38.0. The Morgan fingerprint density at radius 1 is 0.893 bits per heavy atom. The summed E-state index contributed by atoms with van der Waals surface area (Å²) >= 11 is 0. The molecule has 0 spiro atoms. The maximum absolute atomic E-state index is 11.7. The van der Waals surface area contributed by atoms with Gasteiger partial charge in [-0.05, 0) is 6.42 Å². The topological polar surface area (TPSA) is 94.6 Å². The molecule has 2 rings (SSSR count). The number of hydrogen-bond donors (Lipinski definition) is 0. The van der Waals surface area contributed by atoms with Crippen LogP contribution in [0.3, 0.4) is 0 Å². The summed E-state index contributed by atoms with van der Waals surface area (Å²) in [6, 6.07) is 0. The molecule has 0 aromatic carbocycles. The standard InChI is InChI=1S/C19H32N2O7/c1-16-15-18(23)21(19(16)24)6-8-26-10-12-28-14-13-27-11-9-25-7-3-17(22)20-4-2-5-20/h16H,2-15H2,1H3. The summed E-state index contributed by atoms with van der Waals surface area (Å²) in [5.41, 5.74) is 0. The predicted octanol–water partition coefficient (Wildman–Crippen LogP) is 0.0702. The van der Waals surface area contributed by atoms with Crippen molar-refractivity contribution >= 4 is 17.7 Å². The third kappa shape index (κ3) is 7.83. The Balaban J connectivity index is 1.29. The molecule has 2 aliphatic rings. The van der Waals surface area contributed by atoms with Crippen LogP contribution in [0.25, 0.3) is 0 Å². The van der Waals surface area contributed by atoms with Crippen molar-refractivity contribution in [2.45, 2.75) is 26.2 Å². The molecule has 0 aromatic rings. The molecule has 0 aliphatic carbocycles. The second-order valence-electron chi connectivity index (χ2n) is 6.92. The van der Waals surface area contributed by atoms with E-state index >= 15 is 0 Å². The third-order valence-electron chi connectivity index (χ3n) is 4.71. The van der Waals surface area contributed by atoms with Crippen LogP contribution in [0.4, 0.5) is 0 Å². The normalized spacial score (nSPS) is 19.4. The molecule has 0 bridgehead atoms. The van der Waals surface area contributed by atoms with E-state index in [-0.39, 0.29) is 23.6 Å². The van der Waals surface area contributed by atoms with Crippen molar-refractivity contribution in [1.29, 1.82) is 0 Å². The van der Waals surface area contributed by atoms with Crippen molar-refractivity contribution < 1.29 is 33.3 Å². The Bertz CT molecular complexity index is 511. The van der Waals surface area contributed by atoms with Gasteiger partial charge in [-0.3, -0.25) is 19.3 Å².